The van der Waals surface area contributed by atoms with Crippen molar-refractivity contribution in [2.24, 2.45) is 5.16 Å². The van der Waals surface area contributed by atoms with Gasteiger partial charge in [-0.05, 0) is 62.1 Å². The van der Waals surface area contributed by atoms with Crippen LogP contribution in [0.3, 0.4) is 0 Å². The molecule has 6 nitrogen and oxygen atoms in total. The van der Waals surface area contributed by atoms with Gasteiger partial charge in [-0.25, -0.2) is 4.79 Å². The maximum Gasteiger partial charge on any atom is 0.360 e. The van der Waals surface area contributed by atoms with E-state index in [1.54, 1.807) is 24.3 Å². The van der Waals surface area contributed by atoms with Gasteiger partial charge in [-0.3, -0.25) is 0 Å². The van der Waals surface area contributed by atoms with Gasteiger partial charge < -0.3 is 19.4 Å². The highest BCUT2D eigenvalue weighted by molar-refractivity contribution is 6.43. The Labute approximate surface area is 147 Å². The summed E-state index contributed by atoms with van der Waals surface area (Å²) in [6.07, 6.45) is 1.29. The summed E-state index contributed by atoms with van der Waals surface area (Å²) in [5, 5.41) is 13.2. The first-order valence-corrected chi connectivity index (χ1v) is 7.94. The standard InChI is InChI=1S/C19H23NO5/c1-12-9-14(11-25-16-7-5-15(21)6-8-16)17(10-13(12)2)18(20-24-4)19(22)23-3/h5-8,21H,9-11H2,1-4H3/b20-18+. The zero-order valence-electron chi connectivity index (χ0n) is 15.0. The maximum absolute atomic E-state index is 12.1. The van der Waals surface area contributed by atoms with Gasteiger partial charge in [0.05, 0.1) is 7.11 Å². The summed E-state index contributed by atoms with van der Waals surface area (Å²) < 4.78 is 10.7. The number of phenolic OH excluding ortho intramolecular Hbond substituents is 1. The van der Waals surface area contributed by atoms with E-state index in [-0.39, 0.29) is 11.5 Å². The quantitative estimate of drug-likeness (QED) is 0.370. The van der Waals surface area contributed by atoms with Crippen LogP contribution in [0.5, 0.6) is 11.5 Å². The number of hydrogen-bond donors (Lipinski definition) is 1. The lowest BCUT2D eigenvalue weighted by molar-refractivity contribution is -0.132. The minimum absolute atomic E-state index is 0.168. The van der Waals surface area contributed by atoms with Gasteiger partial charge in [-0.15, -0.1) is 0 Å². The van der Waals surface area contributed by atoms with Crippen molar-refractivity contribution in [3.63, 3.8) is 0 Å². The van der Waals surface area contributed by atoms with Crippen LogP contribution in [-0.4, -0.2) is 37.6 Å². The number of ether oxygens (including phenoxy) is 2. The minimum atomic E-state index is -0.536. The van der Waals surface area contributed by atoms with E-state index >= 15 is 0 Å². The van der Waals surface area contributed by atoms with Gasteiger partial charge in [-0.1, -0.05) is 16.3 Å². The number of rotatable bonds is 6. The molecule has 0 atom stereocenters. The molecule has 0 aliphatic heterocycles. The number of esters is 1. The SMILES string of the molecule is CO/N=C(/C(=O)OC)C1=C(COc2ccc(O)cc2)CC(C)=C(C)C1. The average molecular weight is 345 g/mol. The zero-order valence-corrected chi connectivity index (χ0v) is 15.0. The number of carbonyl (C=O) groups excluding carboxylic acids is 1. The minimum Gasteiger partial charge on any atom is -0.508 e. The van der Waals surface area contributed by atoms with Crippen molar-refractivity contribution in [3.8, 4) is 11.5 Å². The first-order chi connectivity index (χ1) is 12.0. The second kappa shape index (κ2) is 8.37. The fourth-order valence-corrected chi connectivity index (χ4v) is 2.62. The second-order valence-electron chi connectivity index (χ2n) is 5.89. The number of hydrogen-bond acceptors (Lipinski definition) is 6. The Balaban J connectivity index is 2.30. The first kappa shape index (κ1) is 18.6. The number of methoxy groups -OCH3 is 1. The summed E-state index contributed by atoms with van der Waals surface area (Å²) in [6, 6.07) is 6.51. The molecule has 1 aromatic carbocycles. The number of aromatic hydroxyl groups is 1. The summed E-state index contributed by atoms with van der Waals surface area (Å²) in [5.74, 6) is 0.280. The Morgan fingerprint density at radius 1 is 1.12 bits per heavy atom. The van der Waals surface area contributed by atoms with Gasteiger partial charge >= 0.3 is 5.97 Å². The predicted molar refractivity (Wildman–Crippen MR) is 94.7 cm³/mol. The maximum atomic E-state index is 12.1. The number of oxime groups is 1. The van der Waals surface area contributed by atoms with Gasteiger partial charge in [0.15, 0.2) is 5.71 Å². The van der Waals surface area contributed by atoms with Gasteiger partial charge in [0, 0.05) is 0 Å². The Kier molecular flexibility index (Phi) is 6.22. The molecule has 25 heavy (non-hydrogen) atoms. The third-order valence-electron chi connectivity index (χ3n) is 4.17. The molecule has 1 aliphatic rings. The largest absolute Gasteiger partial charge is 0.508 e. The lowest BCUT2D eigenvalue weighted by Gasteiger charge is -2.23. The van der Waals surface area contributed by atoms with E-state index in [4.69, 9.17) is 14.3 Å². The van der Waals surface area contributed by atoms with Crippen LogP contribution in [0.4, 0.5) is 0 Å². The molecule has 0 amide bonds. The molecule has 0 saturated carbocycles. The van der Waals surface area contributed by atoms with Crippen LogP contribution in [0, 0.1) is 0 Å². The monoisotopic (exact) mass is 345 g/mol. The van der Waals surface area contributed by atoms with Gasteiger partial charge in [0.25, 0.3) is 0 Å². The Morgan fingerprint density at radius 2 is 1.76 bits per heavy atom. The van der Waals surface area contributed by atoms with Crippen molar-refractivity contribution in [1.29, 1.82) is 0 Å². The summed E-state index contributed by atoms with van der Waals surface area (Å²) in [5.41, 5.74) is 4.33. The third-order valence-corrected chi connectivity index (χ3v) is 4.17. The van der Waals surface area contributed by atoms with Crippen LogP contribution in [0.15, 0.2) is 51.7 Å². The summed E-state index contributed by atoms with van der Waals surface area (Å²) in [6.45, 7) is 4.41. The predicted octanol–water partition coefficient (Wildman–Crippen LogP) is 3.37. The molecule has 0 radical (unpaired) electrons. The first-order valence-electron chi connectivity index (χ1n) is 7.94. The number of allylic oxidation sites excluding steroid dienone is 2. The fraction of sp³-hybridized carbons (Fsp3) is 0.368. The average Bonchev–Trinajstić information content (AvgIpc) is 2.61. The summed E-state index contributed by atoms with van der Waals surface area (Å²) >= 11 is 0. The smallest absolute Gasteiger partial charge is 0.360 e. The molecule has 134 valence electrons. The van der Waals surface area contributed by atoms with Gasteiger partial charge in [0.2, 0.25) is 0 Å². The topological polar surface area (TPSA) is 77.4 Å². The lowest BCUT2D eigenvalue weighted by atomic mass is 9.85. The molecule has 6 heteroatoms. The molecule has 0 bridgehead atoms. The molecule has 0 aromatic heterocycles. The van der Waals surface area contributed by atoms with E-state index < -0.39 is 5.97 Å². The Bertz CT molecular complexity index is 729. The number of phenols is 1. The highest BCUT2D eigenvalue weighted by Gasteiger charge is 2.26. The van der Waals surface area contributed by atoms with Crippen molar-refractivity contribution in [2.45, 2.75) is 26.7 Å². The third kappa shape index (κ3) is 4.62. The molecule has 0 unspecified atom stereocenters. The van der Waals surface area contributed by atoms with Crippen molar-refractivity contribution in [1.82, 2.24) is 0 Å². The van der Waals surface area contributed by atoms with Gasteiger partial charge in [-0.2, -0.15) is 0 Å². The summed E-state index contributed by atoms with van der Waals surface area (Å²) in [4.78, 5) is 16.9. The van der Waals surface area contributed by atoms with Crippen LogP contribution in [-0.2, 0) is 14.4 Å². The van der Waals surface area contributed by atoms with E-state index in [2.05, 4.69) is 12.1 Å². The van der Waals surface area contributed by atoms with Gasteiger partial charge in [0.1, 0.15) is 25.2 Å². The molecule has 0 spiro atoms. The van der Waals surface area contributed by atoms with Crippen LogP contribution in [0.1, 0.15) is 26.7 Å². The highest BCUT2D eigenvalue weighted by Crippen LogP contribution is 2.31. The van der Waals surface area contributed by atoms with E-state index in [1.807, 2.05) is 6.92 Å². The molecule has 1 aliphatic carbocycles. The second-order valence-corrected chi connectivity index (χ2v) is 5.89. The molecular formula is C19H23NO5. The molecule has 2 rings (SSSR count). The summed E-state index contributed by atoms with van der Waals surface area (Å²) in [7, 11) is 2.71. The Morgan fingerprint density at radius 3 is 2.36 bits per heavy atom. The zero-order chi connectivity index (χ0) is 18.4. The van der Waals surface area contributed by atoms with Crippen molar-refractivity contribution < 1.29 is 24.2 Å². The lowest BCUT2D eigenvalue weighted by Crippen LogP contribution is -2.24. The molecule has 0 fully saturated rings. The molecule has 0 heterocycles. The van der Waals surface area contributed by atoms with Crippen molar-refractivity contribution in [3.05, 3.63) is 46.6 Å². The fourth-order valence-electron chi connectivity index (χ4n) is 2.62. The van der Waals surface area contributed by atoms with E-state index in [9.17, 15) is 9.90 Å². The van der Waals surface area contributed by atoms with Crippen LogP contribution < -0.4 is 4.74 Å². The van der Waals surface area contributed by atoms with E-state index in [1.165, 1.54) is 25.4 Å². The van der Waals surface area contributed by atoms with E-state index in [0.29, 0.717) is 25.2 Å². The molecule has 1 aromatic rings. The number of carbonyl (C=O) groups is 1. The number of benzene rings is 1. The normalized spacial score (nSPS) is 15.3. The van der Waals surface area contributed by atoms with E-state index in [0.717, 1.165) is 11.1 Å². The van der Waals surface area contributed by atoms with Crippen LogP contribution >= 0.6 is 0 Å². The molecule has 1 N–H and O–H groups in total. The van der Waals surface area contributed by atoms with Crippen molar-refractivity contribution in [2.75, 3.05) is 20.8 Å². The highest BCUT2D eigenvalue weighted by atomic mass is 16.6. The molecular weight excluding hydrogens is 322 g/mol. The van der Waals surface area contributed by atoms with Crippen LogP contribution in [0.2, 0.25) is 0 Å². The number of nitrogens with zero attached hydrogens (tertiary/aromatic N) is 1. The van der Waals surface area contributed by atoms with Crippen molar-refractivity contribution >= 4 is 11.7 Å². The molecule has 0 saturated heterocycles. The Hall–Kier alpha value is -2.76. The van der Waals surface area contributed by atoms with Crippen LogP contribution in [0.25, 0.3) is 0 Å².